The number of aryl methyl sites for hydroxylation is 4. The van der Waals surface area contributed by atoms with Crippen LogP contribution in [0.4, 0.5) is 0 Å². The molecule has 12 nitrogen and oxygen atoms in total. The van der Waals surface area contributed by atoms with Gasteiger partial charge in [-0.25, -0.2) is 9.59 Å². The van der Waals surface area contributed by atoms with Crippen LogP contribution in [0.5, 0.6) is 5.75 Å². The van der Waals surface area contributed by atoms with Crippen molar-refractivity contribution < 1.29 is 57.6 Å². The highest BCUT2D eigenvalue weighted by atomic mass is 16.5. The Morgan fingerprint density at radius 3 is 1.26 bits per heavy atom. The number of benzene rings is 6. The number of aromatic carboxylic acids is 1. The lowest BCUT2D eigenvalue weighted by molar-refractivity contribution is -0.142. The van der Waals surface area contributed by atoms with E-state index in [4.69, 9.17) is 23.7 Å². The smallest absolute Gasteiger partial charge is 0.343 e. The summed E-state index contributed by atoms with van der Waals surface area (Å²) < 4.78 is 27.3. The van der Waals surface area contributed by atoms with Gasteiger partial charge < -0.3 is 28.8 Å². The van der Waals surface area contributed by atoms with Crippen molar-refractivity contribution in [3.63, 3.8) is 0 Å². The first-order valence-electron chi connectivity index (χ1n) is 20.8. The molecule has 0 spiro atoms. The molecule has 322 valence electrons. The van der Waals surface area contributed by atoms with Crippen LogP contribution in [0, 0.1) is 0 Å². The van der Waals surface area contributed by atoms with Crippen LogP contribution >= 0.6 is 0 Å². The van der Waals surface area contributed by atoms with E-state index in [-0.39, 0.29) is 55.2 Å². The molecule has 0 fully saturated rings. The maximum Gasteiger partial charge on any atom is 0.343 e. The van der Waals surface area contributed by atoms with E-state index in [0.29, 0.717) is 62.1 Å². The van der Waals surface area contributed by atoms with Crippen LogP contribution in [-0.2, 0) is 63.8 Å². The van der Waals surface area contributed by atoms with Gasteiger partial charge >= 0.3 is 35.8 Å². The molecule has 0 aliphatic carbocycles. The molecular weight excluding hydrogens is 793 g/mol. The van der Waals surface area contributed by atoms with Crippen molar-refractivity contribution in [2.45, 2.75) is 79.1 Å². The fourth-order valence-electron chi connectivity index (χ4n) is 8.26. The summed E-state index contributed by atoms with van der Waals surface area (Å²) in [7, 11) is 0. The predicted molar refractivity (Wildman–Crippen MR) is 235 cm³/mol. The zero-order chi connectivity index (χ0) is 44.3. The monoisotopic (exact) mass is 842 g/mol. The van der Waals surface area contributed by atoms with Crippen molar-refractivity contribution in [2.75, 3.05) is 26.4 Å². The standard InChI is InChI=1S/C50H50O12/c1-30(51)58-25-9-17-38-35-13-5-6-14-36(35)41(19-11-27-60-32(3)53)46-29-34(21-22-42(38)46)50(57)62-48-45(49(55)56)24-23-44-40(18-10-26-59-31(2)52)37-15-7-8-16-39(37)43(47(44)48)20-12-28-61-33(4)54/h5-8,13-16,21-24,29H,9-12,17-20,25-28H2,1-4H3,(H,55,56). The Morgan fingerprint density at radius 1 is 0.452 bits per heavy atom. The van der Waals surface area contributed by atoms with Gasteiger partial charge in [0.25, 0.3) is 0 Å². The molecule has 0 saturated heterocycles. The molecule has 0 atom stereocenters. The summed E-state index contributed by atoms with van der Waals surface area (Å²) in [5, 5.41) is 17.1. The molecule has 0 bridgehead atoms. The van der Waals surface area contributed by atoms with Crippen LogP contribution in [0.1, 0.15) is 96.3 Å². The Labute approximate surface area is 359 Å². The number of hydrogen-bond acceptors (Lipinski definition) is 11. The zero-order valence-electron chi connectivity index (χ0n) is 35.4. The molecule has 6 rings (SSSR count). The first-order chi connectivity index (χ1) is 29.8. The van der Waals surface area contributed by atoms with Crippen molar-refractivity contribution in [3.05, 3.63) is 112 Å². The molecule has 0 aliphatic heterocycles. The molecule has 0 radical (unpaired) electrons. The van der Waals surface area contributed by atoms with E-state index < -0.39 is 23.9 Å². The summed E-state index contributed by atoms with van der Waals surface area (Å²) in [6.45, 7) is 6.17. The highest BCUT2D eigenvalue weighted by Crippen LogP contribution is 2.42. The van der Waals surface area contributed by atoms with Gasteiger partial charge in [0.1, 0.15) is 5.56 Å². The first-order valence-corrected chi connectivity index (χ1v) is 20.8. The third kappa shape index (κ3) is 10.5. The number of carboxylic acids is 1. The van der Waals surface area contributed by atoms with Gasteiger partial charge in [-0.1, -0.05) is 60.7 Å². The van der Waals surface area contributed by atoms with Crippen molar-refractivity contribution in [1.29, 1.82) is 0 Å². The second-order valence-electron chi connectivity index (χ2n) is 15.1. The summed E-state index contributed by atoms with van der Waals surface area (Å²) in [5.41, 5.74) is 3.54. The van der Waals surface area contributed by atoms with Crippen LogP contribution in [0.2, 0.25) is 0 Å². The quantitative estimate of drug-likeness (QED) is 0.0270. The molecule has 0 unspecified atom stereocenters. The van der Waals surface area contributed by atoms with E-state index in [2.05, 4.69) is 0 Å². The zero-order valence-corrected chi connectivity index (χ0v) is 35.4. The maximum atomic E-state index is 14.6. The van der Waals surface area contributed by atoms with Crippen LogP contribution in [0.15, 0.2) is 78.9 Å². The third-order valence-corrected chi connectivity index (χ3v) is 10.8. The lowest BCUT2D eigenvalue weighted by atomic mass is 9.86. The highest BCUT2D eigenvalue weighted by Gasteiger charge is 2.26. The van der Waals surface area contributed by atoms with E-state index in [1.807, 2.05) is 54.6 Å². The number of carboxylic acid groups (broad SMARTS) is 1. The number of ether oxygens (including phenoxy) is 5. The minimum atomic E-state index is -1.29. The molecule has 0 saturated carbocycles. The van der Waals surface area contributed by atoms with Crippen LogP contribution < -0.4 is 4.74 Å². The van der Waals surface area contributed by atoms with Gasteiger partial charge in [-0.3, -0.25) is 19.2 Å². The Hall–Kier alpha value is -6.82. The Bertz CT molecular complexity index is 2700. The topological polar surface area (TPSA) is 169 Å². The number of carbonyl (C=O) groups excluding carboxylic acids is 5. The molecule has 0 amide bonds. The first kappa shape index (κ1) is 44.7. The van der Waals surface area contributed by atoms with Gasteiger partial charge in [0, 0.05) is 33.1 Å². The molecular formula is C50H50O12. The van der Waals surface area contributed by atoms with Crippen LogP contribution in [-0.4, -0.2) is 67.3 Å². The average Bonchev–Trinajstić information content (AvgIpc) is 3.24. The van der Waals surface area contributed by atoms with E-state index in [1.165, 1.54) is 33.8 Å². The Kier molecular flexibility index (Phi) is 14.9. The number of esters is 5. The molecule has 62 heavy (non-hydrogen) atoms. The van der Waals surface area contributed by atoms with E-state index >= 15 is 0 Å². The molecule has 1 N–H and O–H groups in total. The van der Waals surface area contributed by atoms with Gasteiger partial charge in [-0.2, -0.15) is 0 Å². The van der Waals surface area contributed by atoms with Crippen molar-refractivity contribution in [3.8, 4) is 5.75 Å². The molecule has 6 aromatic rings. The fraction of sp³-hybridized carbons (Fsp3) is 0.320. The van der Waals surface area contributed by atoms with Gasteiger partial charge in [0.15, 0.2) is 5.75 Å². The summed E-state index contributed by atoms with van der Waals surface area (Å²) >= 11 is 0. The summed E-state index contributed by atoms with van der Waals surface area (Å²) in [6.07, 6.45) is 3.93. The van der Waals surface area contributed by atoms with Crippen molar-refractivity contribution in [1.82, 2.24) is 0 Å². The minimum Gasteiger partial charge on any atom is -0.478 e. The van der Waals surface area contributed by atoms with Crippen molar-refractivity contribution in [2.24, 2.45) is 0 Å². The lowest BCUT2D eigenvalue weighted by Crippen LogP contribution is -2.14. The third-order valence-electron chi connectivity index (χ3n) is 10.8. The minimum absolute atomic E-state index is 0.110. The maximum absolute atomic E-state index is 14.6. The van der Waals surface area contributed by atoms with E-state index in [1.54, 1.807) is 18.2 Å². The number of fused-ring (bicyclic) bond motifs is 4. The molecule has 0 aliphatic rings. The van der Waals surface area contributed by atoms with E-state index in [9.17, 15) is 33.9 Å². The number of hydrogen-bond donors (Lipinski definition) is 1. The predicted octanol–water partition coefficient (Wildman–Crippen LogP) is 9.20. The summed E-state index contributed by atoms with van der Waals surface area (Å²) in [4.78, 5) is 74.0. The molecule has 0 heterocycles. The Balaban J connectivity index is 1.51. The van der Waals surface area contributed by atoms with Crippen LogP contribution in [0.25, 0.3) is 43.1 Å². The molecule has 6 aromatic carbocycles. The molecule has 0 aromatic heterocycles. The summed E-state index contributed by atoms with van der Waals surface area (Å²) in [5.74, 6) is -3.72. The SMILES string of the molecule is CC(=O)OCCCc1c2ccccc2c(CCCOC(C)=O)c2cc(C(=O)Oc3c(C(=O)O)ccc4c(CCCOC(C)=O)c5ccccc5c(CCCOC(C)=O)c34)ccc12. The lowest BCUT2D eigenvalue weighted by Gasteiger charge is -2.21. The van der Waals surface area contributed by atoms with Crippen molar-refractivity contribution >= 4 is 78.9 Å². The van der Waals surface area contributed by atoms with E-state index in [0.717, 1.165) is 54.6 Å². The number of rotatable bonds is 19. The van der Waals surface area contributed by atoms with Gasteiger partial charge in [0.2, 0.25) is 0 Å². The largest absolute Gasteiger partial charge is 0.478 e. The normalized spacial score (nSPS) is 11.2. The van der Waals surface area contributed by atoms with Crippen LogP contribution in [0.3, 0.4) is 0 Å². The summed E-state index contributed by atoms with van der Waals surface area (Å²) in [6, 6.07) is 24.1. The van der Waals surface area contributed by atoms with Gasteiger partial charge in [0.05, 0.1) is 32.0 Å². The van der Waals surface area contributed by atoms with Gasteiger partial charge in [-0.15, -0.1) is 0 Å². The van der Waals surface area contributed by atoms with Gasteiger partial charge in [-0.05, 0) is 130 Å². The highest BCUT2D eigenvalue weighted by molar-refractivity contribution is 6.13. The Morgan fingerprint density at radius 2 is 0.823 bits per heavy atom. The molecule has 12 heteroatoms. The second-order valence-corrected chi connectivity index (χ2v) is 15.1. The number of carbonyl (C=O) groups is 6. The fourth-order valence-corrected chi connectivity index (χ4v) is 8.26. The average molecular weight is 843 g/mol. The second kappa shape index (κ2) is 20.6.